The lowest BCUT2D eigenvalue weighted by Crippen LogP contribution is -2.57. The van der Waals surface area contributed by atoms with Crippen LogP contribution in [0.25, 0.3) is 10.2 Å². The topological polar surface area (TPSA) is 72.8 Å². The Morgan fingerprint density at radius 2 is 1.76 bits per heavy atom. The molecule has 8 heteroatoms. The monoisotopic (exact) mass is 483 g/mol. The zero-order valence-corrected chi connectivity index (χ0v) is 21.1. The van der Waals surface area contributed by atoms with Gasteiger partial charge in [-0.05, 0) is 42.5 Å². The standard InChI is InChI=1S/C24H27N3O4S.C2H6/c1-30-20-9-8-16(12-21(20)31-2)27-19(23(28)25-15-6-4-3-5-7-15)14-26-17-10-11-32-22(17)13-18(26)24(27)29;1-2/h8-13,15,19H,3-7,14H2,1-2H3,(H,25,28);1-2H3. The van der Waals surface area contributed by atoms with Crippen molar-refractivity contribution in [2.45, 2.75) is 64.6 Å². The Balaban J connectivity index is 0.00000133. The van der Waals surface area contributed by atoms with Gasteiger partial charge in [0.15, 0.2) is 11.5 Å². The number of carbonyl (C=O) groups excluding carboxylic acids is 2. The second kappa shape index (κ2) is 10.5. The Morgan fingerprint density at radius 1 is 1.03 bits per heavy atom. The van der Waals surface area contributed by atoms with E-state index in [0.29, 0.717) is 29.4 Å². The molecule has 1 aromatic carbocycles. The minimum atomic E-state index is -0.648. The molecule has 3 aromatic rings. The van der Waals surface area contributed by atoms with Crippen LogP contribution in [0.4, 0.5) is 5.69 Å². The molecular formula is C26H33N3O4S. The van der Waals surface area contributed by atoms with E-state index in [1.54, 1.807) is 48.7 Å². The lowest BCUT2D eigenvalue weighted by atomic mass is 9.95. The Hall–Kier alpha value is -3.00. The van der Waals surface area contributed by atoms with Gasteiger partial charge in [-0.25, -0.2) is 0 Å². The number of rotatable bonds is 5. The van der Waals surface area contributed by atoms with E-state index in [2.05, 4.69) is 5.32 Å². The third-order valence-corrected chi connectivity index (χ3v) is 7.38. The quantitative estimate of drug-likeness (QED) is 0.540. The van der Waals surface area contributed by atoms with Gasteiger partial charge in [-0.3, -0.25) is 14.5 Å². The second-order valence-electron chi connectivity index (χ2n) is 8.38. The highest BCUT2D eigenvalue weighted by atomic mass is 32.1. The van der Waals surface area contributed by atoms with Gasteiger partial charge in [-0.2, -0.15) is 0 Å². The largest absolute Gasteiger partial charge is 0.493 e. The molecule has 1 aliphatic carbocycles. The molecular weight excluding hydrogens is 450 g/mol. The van der Waals surface area contributed by atoms with Gasteiger partial charge in [0.25, 0.3) is 5.91 Å². The van der Waals surface area contributed by atoms with Crippen molar-refractivity contribution in [3.63, 3.8) is 0 Å². The van der Waals surface area contributed by atoms with Crippen molar-refractivity contribution in [3.05, 3.63) is 41.4 Å². The van der Waals surface area contributed by atoms with Crippen LogP contribution in [-0.2, 0) is 11.3 Å². The highest BCUT2D eigenvalue weighted by molar-refractivity contribution is 7.17. The minimum absolute atomic E-state index is 0.109. The normalized spacial score (nSPS) is 18.2. The van der Waals surface area contributed by atoms with Gasteiger partial charge in [0.1, 0.15) is 11.7 Å². The van der Waals surface area contributed by atoms with Crippen LogP contribution in [0.3, 0.4) is 0 Å². The number of ether oxygens (including phenoxy) is 2. The molecule has 0 radical (unpaired) electrons. The van der Waals surface area contributed by atoms with E-state index in [0.717, 1.165) is 35.9 Å². The van der Waals surface area contributed by atoms with Gasteiger partial charge in [-0.15, -0.1) is 11.3 Å². The summed E-state index contributed by atoms with van der Waals surface area (Å²) in [5, 5.41) is 5.24. The molecule has 1 unspecified atom stereocenters. The zero-order valence-electron chi connectivity index (χ0n) is 20.3. The predicted octanol–water partition coefficient (Wildman–Crippen LogP) is 5.22. The van der Waals surface area contributed by atoms with Crippen LogP contribution in [0.1, 0.15) is 56.4 Å². The van der Waals surface area contributed by atoms with Gasteiger partial charge in [0, 0.05) is 17.8 Å². The number of nitrogens with one attached hydrogen (secondary N) is 1. The van der Waals surface area contributed by atoms with E-state index >= 15 is 0 Å². The van der Waals surface area contributed by atoms with Crippen LogP contribution in [0.5, 0.6) is 11.5 Å². The Kier molecular flexibility index (Phi) is 7.46. The molecule has 1 N–H and O–H groups in total. The van der Waals surface area contributed by atoms with Crippen LogP contribution >= 0.6 is 11.3 Å². The Bertz CT molecular complexity index is 1160. The smallest absolute Gasteiger partial charge is 0.275 e. The van der Waals surface area contributed by atoms with Crippen molar-refractivity contribution >= 4 is 39.1 Å². The molecule has 0 saturated heterocycles. The summed E-state index contributed by atoms with van der Waals surface area (Å²) in [5.41, 5.74) is 2.22. The lowest BCUT2D eigenvalue weighted by molar-refractivity contribution is -0.123. The molecule has 0 spiro atoms. The number of anilines is 1. The third-order valence-electron chi connectivity index (χ3n) is 6.53. The maximum absolute atomic E-state index is 13.7. The number of amides is 2. The first kappa shape index (κ1) is 24.1. The van der Waals surface area contributed by atoms with E-state index in [-0.39, 0.29) is 17.9 Å². The average Bonchev–Trinajstić information content (AvgIpc) is 3.48. The van der Waals surface area contributed by atoms with E-state index in [1.807, 2.05) is 35.9 Å². The molecule has 1 saturated carbocycles. The molecule has 2 aromatic heterocycles. The van der Waals surface area contributed by atoms with Crippen LogP contribution in [0.15, 0.2) is 35.7 Å². The van der Waals surface area contributed by atoms with Crippen molar-refractivity contribution in [1.29, 1.82) is 0 Å². The highest BCUT2D eigenvalue weighted by Gasteiger charge is 2.40. The molecule has 2 aliphatic rings. The number of thiophene rings is 1. The summed E-state index contributed by atoms with van der Waals surface area (Å²) in [6.45, 7) is 4.41. The Morgan fingerprint density at radius 3 is 2.47 bits per heavy atom. The number of fused-ring (bicyclic) bond motifs is 3. The molecule has 5 rings (SSSR count). The molecule has 3 heterocycles. The molecule has 1 aliphatic heterocycles. The predicted molar refractivity (Wildman–Crippen MR) is 136 cm³/mol. The van der Waals surface area contributed by atoms with Gasteiger partial charge >= 0.3 is 0 Å². The summed E-state index contributed by atoms with van der Waals surface area (Å²) < 4.78 is 13.8. The second-order valence-corrected chi connectivity index (χ2v) is 9.33. The summed E-state index contributed by atoms with van der Waals surface area (Å²) in [4.78, 5) is 28.8. The summed E-state index contributed by atoms with van der Waals surface area (Å²) in [6.07, 6.45) is 5.46. The number of nitrogens with zero attached hydrogens (tertiary/aromatic N) is 2. The minimum Gasteiger partial charge on any atom is -0.493 e. The van der Waals surface area contributed by atoms with E-state index < -0.39 is 6.04 Å². The number of hydrogen-bond acceptors (Lipinski definition) is 5. The van der Waals surface area contributed by atoms with Crippen molar-refractivity contribution in [3.8, 4) is 11.5 Å². The molecule has 0 bridgehead atoms. The fraction of sp³-hybridized carbons (Fsp3) is 0.462. The SMILES string of the molecule is CC.COc1ccc(N2C(=O)c3cc4sccc4n3CC2C(=O)NC2CCCCC2)cc1OC. The van der Waals surface area contributed by atoms with Gasteiger partial charge < -0.3 is 19.4 Å². The van der Waals surface area contributed by atoms with Crippen LogP contribution in [0, 0.1) is 0 Å². The maximum atomic E-state index is 13.7. The maximum Gasteiger partial charge on any atom is 0.275 e. The summed E-state index contributed by atoms with van der Waals surface area (Å²) in [5.74, 6) is 0.803. The molecule has 1 fully saturated rings. The first-order valence-electron chi connectivity index (χ1n) is 12.0. The van der Waals surface area contributed by atoms with Crippen LogP contribution in [-0.4, -0.2) is 42.7 Å². The van der Waals surface area contributed by atoms with Crippen molar-refractivity contribution in [2.24, 2.45) is 0 Å². The zero-order chi connectivity index (χ0) is 24.2. The number of carbonyl (C=O) groups is 2. The molecule has 34 heavy (non-hydrogen) atoms. The summed E-state index contributed by atoms with van der Waals surface area (Å²) in [7, 11) is 3.13. The summed E-state index contributed by atoms with van der Waals surface area (Å²) >= 11 is 1.60. The number of methoxy groups -OCH3 is 2. The van der Waals surface area contributed by atoms with Crippen molar-refractivity contribution in [2.75, 3.05) is 19.1 Å². The van der Waals surface area contributed by atoms with Gasteiger partial charge in [0.2, 0.25) is 5.91 Å². The van der Waals surface area contributed by atoms with Crippen LogP contribution in [0.2, 0.25) is 0 Å². The average molecular weight is 484 g/mol. The van der Waals surface area contributed by atoms with Crippen molar-refractivity contribution in [1.82, 2.24) is 9.88 Å². The number of hydrogen-bond donors (Lipinski definition) is 1. The van der Waals surface area contributed by atoms with Gasteiger partial charge in [-0.1, -0.05) is 33.1 Å². The van der Waals surface area contributed by atoms with E-state index in [9.17, 15) is 9.59 Å². The lowest BCUT2D eigenvalue weighted by Gasteiger charge is -2.37. The fourth-order valence-electron chi connectivity index (χ4n) is 4.89. The van der Waals surface area contributed by atoms with Crippen molar-refractivity contribution < 1.29 is 19.1 Å². The molecule has 2 amide bonds. The molecule has 7 nitrogen and oxygen atoms in total. The molecule has 182 valence electrons. The van der Waals surface area contributed by atoms with Gasteiger partial charge in [0.05, 0.1) is 31.0 Å². The molecule has 1 atom stereocenters. The number of aromatic nitrogens is 1. The Labute approximate surface area is 204 Å². The first-order chi connectivity index (χ1) is 16.6. The number of benzene rings is 1. The highest BCUT2D eigenvalue weighted by Crippen LogP contribution is 2.36. The van der Waals surface area contributed by atoms with E-state index in [1.165, 1.54) is 6.42 Å². The summed E-state index contributed by atoms with van der Waals surface area (Å²) in [6, 6.07) is 8.80. The van der Waals surface area contributed by atoms with E-state index in [4.69, 9.17) is 9.47 Å². The third kappa shape index (κ3) is 4.39. The first-order valence-corrected chi connectivity index (χ1v) is 12.9. The fourth-order valence-corrected chi connectivity index (χ4v) is 5.71. The van der Waals surface area contributed by atoms with Crippen LogP contribution < -0.4 is 19.7 Å².